The Labute approximate surface area is 108 Å². The van der Waals surface area contributed by atoms with Gasteiger partial charge in [0.1, 0.15) is 0 Å². The summed E-state index contributed by atoms with van der Waals surface area (Å²) in [6, 6.07) is 9.03. The summed E-state index contributed by atoms with van der Waals surface area (Å²) in [5, 5.41) is 7.60. The number of aromatic nitrogens is 2. The van der Waals surface area contributed by atoms with Crippen molar-refractivity contribution in [3.8, 4) is 0 Å². The van der Waals surface area contributed by atoms with Crippen LogP contribution in [0.4, 0.5) is 0 Å². The minimum Gasteiger partial charge on any atom is -0.309 e. The summed E-state index contributed by atoms with van der Waals surface area (Å²) in [4.78, 5) is 0. The quantitative estimate of drug-likeness (QED) is 0.872. The highest BCUT2D eigenvalue weighted by Gasteiger charge is 2.22. The minimum absolute atomic E-state index is 0.849. The van der Waals surface area contributed by atoms with Gasteiger partial charge in [0.15, 0.2) is 0 Å². The molecule has 0 saturated heterocycles. The molecule has 1 aromatic heterocycles. The van der Waals surface area contributed by atoms with Crippen LogP contribution in [-0.2, 0) is 20.1 Å². The van der Waals surface area contributed by atoms with E-state index in [4.69, 9.17) is 0 Å². The molecule has 1 aliphatic carbocycles. The van der Waals surface area contributed by atoms with Gasteiger partial charge in [0.2, 0.25) is 0 Å². The summed E-state index contributed by atoms with van der Waals surface area (Å²) < 4.78 is 1.83. The van der Waals surface area contributed by atoms with E-state index in [2.05, 4.69) is 34.7 Å². The largest absolute Gasteiger partial charge is 0.309 e. The summed E-state index contributed by atoms with van der Waals surface area (Å²) in [6.07, 6.45) is 6.70. The third kappa shape index (κ3) is 2.79. The maximum atomic E-state index is 4.16. The molecule has 0 atom stereocenters. The molecule has 0 bridgehead atoms. The first-order chi connectivity index (χ1) is 8.81. The number of hydrogen-bond donors (Lipinski definition) is 1. The molecule has 1 aromatic carbocycles. The number of rotatable bonds is 5. The number of nitrogens with one attached hydrogen (secondary N) is 1. The Bertz CT molecular complexity index is 509. The van der Waals surface area contributed by atoms with E-state index in [1.54, 1.807) is 0 Å². The molecule has 1 N–H and O–H groups in total. The molecule has 0 unspecified atom stereocenters. The zero-order valence-corrected chi connectivity index (χ0v) is 10.8. The molecule has 1 heterocycles. The maximum absolute atomic E-state index is 4.16. The van der Waals surface area contributed by atoms with Gasteiger partial charge in [-0.25, -0.2) is 0 Å². The number of hydrogen-bond acceptors (Lipinski definition) is 2. The van der Waals surface area contributed by atoms with Crippen molar-refractivity contribution in [2.75, 3.05) is 0 Å². The molecular weight excluding hydrogens is 222 g/mol. The van der Waals surface area contributed by atoms with E-state index in [0.717, 1.165) is 19.0 Å². The van der Waals surface area contributed by atoms with E-state index in [1.165, 1.54) is 29.5 Å². The Balaban J connectivity index is 1.50. The van der Waals surface area contributed by atoms with Crippen LogP contribution in [0.15, 0.2) is 36.7 Å². The van der Waals surface area contributed by atoms with Crippen molar-refractivity contribution in [2.45, 2.75) is 31.8 Å². The SMILES string of the molecule is Cn1cc(CNCc2ccc(C3CC3)cc2)cn1. The third-order valence-corrected chi connectivity index (χ3v) is 3.45. The average Bonchev–Trinajstić information content (AvgIpc) is 3.15. The van der Waals surface area contributed by atoms with Gasteiger partial charge in [-0.2, -0.15) is 5.10 Å². The van der Waals surface area contributed by atoms with Crippen LogP contribution in [0.1, 0.15) is 35.4 Å². The molecule has 3 heteroatoms. The van der Waals surface area contributed by atoms with Crippen molar-refractivity contribution in [3.63, 3.8) is 0 Å². The lowest BCUT2D eigenvalue weighted by Gasteiger charge is -2.04. The lowest BCUT2D eigenvalue weighted by molar-refractivity contribution is 0.691. The lowest BCUT2D eigenvalue weighted by Crippen LogP contribution is -2.12. The standard InChI is InChI=1S/C15H19N3/c1-18-11-13(10-17-18)9-16-8-12-2-4-14(5-3-12)15-6-7-15/h2-5,10-11,15-16H,6-9H2,1H3. The van der Waals surface area contributed by atoms with Gasteiger partial charge in [-0.3, -0.25) is 4.68 Å². The zero-order valence-electron chi connectivity index (χ0n) is 10.8. The Hall–Kier alpha value is -1.61. The van der Waals surface area contributed by atoms with Crippen LogP contribution in [0.25, 0.3) is 0 Å². The van der Waals surface area contributed by atoms with Crippen LogP contribution >= 0.6 is 0 Å². The van der Waals surface area contributed by atoms with E-state index >= 15 is 0 Å². The second-order valence-corrected chi connectivity index (χ2v) is 5.14. The van der Waals surface area contributed by atoms with E-state index < -0.39 is 0 Å². The number of aryl methyl sites for hydroxylation is 1. The number of nitrogens with zero attached hydrogens (tertiary/aromatic N) is 2. The van der Waals surface area contributed by atoms with Crippen LogP contribution in [0, 0.1) is 0 Å². The fourth-order valence-corrected chi connectivity index (χ4v) is 2.24. The fourth-order valence-electron chi connectivity index (χ4n) is 2.24. The summed E-state index contributed by atoms with van der Waals surface area (Å²) in [7, 11) is 1.94. The zero-order chi connectivity index (χ0) is 12.4. The summed E-state index contributed by atoms with van der Waals surface area (Å²) in [6.45, 7) is 1.79. The molecule has 1 aliphatic rings. The van der Waals surface area contributed by atoms with Crippen LogP contribution in [0.5, 0.6) is 0 Å². The predicted octanol–water partition coefficient (Wildman–Crippen LogP) is 2.59. The predicted molar refractivity (Wildman–Crippen MR) is 72.2 cm³/mol. The van der Waals surface area contributed by atoms with Crippen molar-refractivity contribution in [1.29, 1.82) is 0 Å². The summed E-state index contributed by atoms with van der Waals surface area (Å²) in [5.41, 5.74) is 4.08. The van der Waals surface area contributed by atoms with E-state index in [9.17, 15) is 0 Å². The molecule has 18 heavy (non-hydrogen) atoms. The molecule has 2 aromatic rings. The van der Waals surface area contributed by atoms with Gasteiger partial charge in [0.25, 0.3) is 0 Å². The fraction of sp³-hybridized carbons (Fsp3) is 0.400. The normalized spacial score (nSPS) is 14.9. The highest BCUT2D eigenvalue weighted by molar-refractivity contribution is 5.28. The Kier molecular flexibility index (Phi) is 3.15. The first kappa shape index (κ1) is 11.5. The Morgan fingerprint density at radius 3 is 2.50 bits per heavy atom. The second kappa shape index (κ2) is 4.94. The number of benzene rings is 1. The smallest absolute Gasteiger partial charge is 0.0534 e. The van der Waals surface area contributed by atoms with Crippen LogP contribution in [-0.4, -0.2) is 9.78 Å². The van der Waals surface area contributed by atoms with Gasteiger partial charge in [-0.15, -0.1) is 0 Å². The molecule has 0 aliphatic heterocycles. The topological polar surface area (TPSA) is 29.9 Å². The van der Waals surface area contributed by atoms with Gasteiger partial charge in [0.05, 0.1) is 6.20 Å². The van der Waals surface area contributed by atoms with Gasteiger partial charge in [-0.05, 0) is 29.9 Å². The highest BCUT2D eigenvalue weighted by Crippen LogP contribution is 2.39. The van der Waals surface area contributed by atoms with E-state index in [1.807, 2.05) is 24.1 Å². The summed E-state index contributed by atoms with van der Waals surface area (Å²) >= 11 is 0. The molecule has 0 radical (unpaired) electrons. The monoisotopic (exact) mass is 241 g/mol. The molecule has 94 valence electrons. The van der Waals surface area contributed by atoms with Crippen molar-refractivity contribution < 1.29 is 0 Å². The van der Waals surface area contributed by atoms with Crippen molar-refractivity contribution in [3.05, 3.63) is 53.3 Å². The van der Waals surface area contributed by atoms with Crippen LogP contribution in [0.3, 0.4) is 0 Å². The van der Waals surface area contributed by atoms with Crippen molar-refractivity contribution in [1.82, 2.24) is 15.1 Å². The van der Waals surface area contributed by atoms with E-state index in [0.29, 0.717) is 0 Å². The van der Waals surface area contributed by atoms with Crippen LogP contribution in [0.2, 0.25) is 0 Å². The summed E-state index contributed by atoms with van der Waals surface area (Å²) in [5.74, 6) is 0.849. The molecule has 0 spiro atoms. The molecule has 3 nitrogen and oxygen atoms in total. The first-order valence-electron chi connectivity index (χ1n) is 6.58. The second-order valence-electron chi connectivity index (χ2n) is 5.14. The first-order valence-corrected chi connectivity index (χ1v) is 6.58. The van der Waals surface area contributed by atoms with Gasteiger partial charge < -0.3 is 5.32 Å². The minimum atomic E-state index is 0.849. The van der Waals surface area contributed by atoms with Crippen molar-refractivity contribution >= 4 is 0 Å². The average molecular weight is 241 g/mol. The molecule has 3 rings (SSSR count). The Morgan fingerprint density at radius 2 is 1.89 bits per heavy atom. The molecule has 1 saturated carbocycles. The Morgan fingerprint density at radius 1 is 1.17 bits per heavy atom. The lowest BCUT2D eigenvalue weighted by atomic mass is 10.1. The van der Waals surface area contributed by atoms with Gasteiger partial charge in [-0.1, -0.05) is 24.3 Å². The van der Waals surface area contributed by atoms with Crippen molar-refractivity contribution in [2.24, 2.45) is 7.05 Å². The molecular formula is C15H19N3. The van der Waals surface area contributed by atoms with Crippen LogP contribution < -0.4 is 5.32 Å². The van der Waals surface area contributed by atoms with Gasteiger partial charge in [0, 0.05) is 31.9 Å². The third-order valence-electron chi connectivity index (χ3n) is 3.45. The molecule has 1 fully saturated rings. The van der Waals surface area contributed by atoms with E-state index in [-0.39, 0.29) is 0 Å². The highest BCUT2D eigenvalue weighted by atomic mass is 15.2. The maximum Gasteiger partial charge on any atom is 0.0534 e. The molecule has 0 amide bonds. The van der Waals surface area contributed by atoms with Gasteiger partial charge >= 0.3 is 0 Å².